The number of fused-ring (bicyclic) bond motifs is 6. The molecule has 5 heteroatoms. The van der Waals surface area contributed by atoms with Crippen LogP contribution in [0, 0.1) is 13.0 Å². The fraction of sp³-hybridized carbons (Fsp3) is 0.207. The van der Waals surface area contributed by atoms with E-state index < -0.39 is 0 Å². The van der Waals surface area contributed by atoms with E-state index in [1.165, 1.54) is 27.8 Å². The Hall–Kier alpha value is -6.09. The van der Waals surface area contributed by atoms with Crippen LogP contribution in [0.25, 0.3) is 89.1 Å². The summed E-state index contributed by atoms with van der Waals surface area (Å²) < 4.78 is 6.45. The standard InChI is InChI=1S/C58H51N2O2.Pt/c1-34-24-39(42-20-15-21-45-44-19-11-13-23-54(44)62-55(42)45)30-50(59-34)35-16-14-17-36(25-35)51-28-38(37-26-40(56(2,3)4)31-41(27-37)57(5,6)7)29-52(60-51)47-32-49-46(33-53(47)61)43-18-10-12-22-48(43)58(49,8)9;/h10-24,26-33,61H,1-9H3;/q-1;. The maximum absolute atomic E-state index is 11.9. The molecule has 0 saturated carbocycles. The van der Waals surface area contributed by atoms with Crippen molar-refractivity contribution >= 4 is 21.9 Å². The molecule has 316 valence electrons. The van der Waals surface area contributed by atoms with Crippen LogP contribution in [0.1, 0.15) is 83.3 Å². The van der Waals surface area contributed by atoms with Crippen LogP contribution in [0.15, 0.2) is 144 Å². The molecule has 0 atom stereocenters. The van der Waals surface area contributed by atoms with Gasteiger partial charge < -0.3 is 9.52 Å². The predicted molar refractivity (Wildman–Crippen MR) is 257 cm³/mol. The second-order valence-electron chi connectivity index (χ2n) is 19.7. The predicted octanol–water partition coefficient (Wildman–Crippen LogP) is 15.4. The summed E-state index contributed by atoms with van der Waals surface area (Å²) in [5, 5.41) is 14.1. The van der Waals surface area contributed by atoms with Crippen LogP contribution in [0.4, 0.5) is 0 Å². The van der Waals surface area contributed by atoms with Crippen LogP contribution < -0.4 is 0 Å². The summed E-state index contributed by atoms with van der Waals surface area (Å²) in [6, 6.07) is 52.7. The second-order valence-corrected chi connectivity index (χ2v) is 19.7. The van der Waals surface area contributed by atoms with E-state index in [1.54, 1.807) is 0 Å². The van der Waals surface area contributed by atoms with Crippen LogP contribution in [0.2, 0.25) is 0 Å². The number of hydrogen-bond acceptors (Lipinski definition) is 4. The van der Waals surface area contributed by atoms with Crippen LogP contribution in [0.5, 0.6) is 5.75 Å². The summed E-state index contributed by atoms with van der Waals surface area (Å²) in [4.78, 5) is 10.4. The molecule has 1 N–H and O–H groups in total. The first-order valence-corrected chi connectivity index (χ1v) is 21.6. The Morgan fingerprint density at radius 2 is 1.11 bits per heavy atom. The molecular formula is C58H51N2O2Pt-. The molecule has 9 aromatic rings. The molecule has 0 bridgehead atoms. The maximum atomic E-state index is 11.9. The minimum absolute atomic E-state index is 0. The van der Waals surface area contributed by atoms with Crippen molar-refractivity contribution in [3.8, 4) is 72.9 Å². The quantitative estimate of drug-likeness (QED) is 0.175. The number of nitrogens with zero attached hydrogens (tertiary/aromatic N) is 2. The van der Waals surface area contributed by atoms with Gasteiger partial charge >= 0.3 is 0 Å². The number of aromatic nitrogens is 2. The third-order valence-electron chi connectivity index (χ3n) is 12.8. The molecule has 0 aliphatic heterocycles. The second kappa shape index (κ2) is 15.3. The number of hydrogen-bond donors (Lipinski definition) is 1. The van der Waals surface area contributed by atoms with E-state index in [4.69, 9.17) is 14.4 Å². The Labute approximate surface area is 385 Å². The Morgan fingerprint density at radius 3 is 1.84 bits per heavy atom. The van der Waals surface area contributed by atoms with E-state index in [1.807, 2.05) is 25.1 Å². The van der Waals surface area contributed by atoms with Crippen molar-refractivity contribution in [3.63, 3.8) is 0 Å². The van der Waals surface area contributed by atoms with Crippen LogP contribution >= 0.6 is 0 Å². The Kier molecular flexibility index (Phi) is 10.3. The van der Waals surface area contributed by atoms with Crippen molar-refractivity contribution in [2.75, 3.05) is 0 Å². The van der Waals surface area contributed by atoms with Crippen LogP contribution in [-0.4, -0.2) is 15.1 Å². The number of benzene rings is 6. The number of furan rings is 1. The van der Waals surface area contributed by atoms with Crippen molar-refractivity contribution < 1.29 is 30.6 Å². The van der Waals surface area contributed by atoms with Gasteiger partial charge in [-0.3, -0.25) is 9.97 Å². The third-order valence-corrected chi connectivity index (χ3v) is 12.8. The summed E-state index contributed by atoms with van der Waals surface area (Å²) in [6.07, 6.45) is 0. The molecule has 3 aromatic heterocycles. The minimum atomic E-state index is -0.241. The van der Waals surface area contributed by atoms with Gasteiger partial charge in [0.05, 0.1) is 5.69 Å². The van der Waals surface area contributed by atoms with Gasteiger partial charge in [0.1, 0.15) is 16.9 Å². The summed E-state index contributed by atoms with van der Waals surface area (Å²) in [6.45, 7) is 20.2. The van der Waals surface area contributed by atoms with Gasteiger partial charge in [-0.25, -0.2) is 0 Å². The van der Waals surface area contributed by atoms with Gasteiger partial charge in [0.15, 0.2) is 0 Å². The molecule has 4 nitrogen and oxygen atoms in total. The van der Waals surface area contributed by atoms with Gasteiger partial charge in [-0.05, 0) is 98.2 Å². The molecule has 63 heavy (non-hydrogen) atoms. The normalized spacial score (nSPS) is 13.2. The SMILES string of the molecule is Cc1cc(-c2cccc3c2oc2ccccc23)cc(-c2[c-]c(-c3cc(-c4cc(C(C)(C)C)cc(C(C)(C)C)c4)cc(-c4cc5c(cc4O)-c4ccccc4C5(C)C)n3)ccc2)n1.[Pt]. The minimum Gasteiger partial charge on any atom is -0.507 e. The van der Waals surface area contributed by atoms with Gasteiger partial charge in [-0.1, -0.05) is 158 Å². The van der Waals surface area contributed by atoms with E-state index in [-0.39, 0.29) is 43.1 Å². The molecule has 3 heterocycles. The van der Waals surface area contributed by atoms with Gasteiger partial charge in [0.25, 0.3) is 0 Å². The maximum Gasteiger partial charge on any atom is 0.143 e. The van der Waals surface area contributed by atoms with E-state index in [0.717, 1.165) is 78.0 Å². The fourth-order valence-corrected chi connectivity index (χ4v) is 9.28. The Bertz CT molecular complexity index is 3240. The van der Waals surface area contributed by atoms with Crippen molar-refractivity contribution in [1.82, 2.24) is 9.97 Å². The third kappa shape index (κ3) is 7.43. The zero-order chi connectivity index (χ0) is 43.3. The average Bonchev–Trinajstić information content (AvgIpc) is 3.74. The first-order valence-electron chi connectivity index (χ1n) is 21.6. The number of para-hydroxylation sites is 2. The molecule has 0 amide bonds. The summed E-state index contributed by atoms with van der Waals surface area (Å²) in [5.74, 6) is 0.208. The fourth-order valence-electron chi connectivity index (χ4n) is 9.28. The number of phenols is 1. The summed E-state index contributed by atoms with van der Waals surface area (Å²) in [5.41, 5.74) is 18.4. The van der Waals surface area contributed by atoms with Gasteiger partial charge in [-0.2, -0.15) is 0 Å². The van der Waals surface area contributed by atoms with E-state index in [2.05, 4.69) is 183 Å². The van der Waals surface area contributed by atoms with Gasteiger partial charge in [0.2, 0.25) is 0 Å². The number of aryl methyl sites for hydroxylation is 1. The van der Waals surface area contributed by atoms with E-state index in [0.29, 0.717) is 11.3 Å². The zero-order valence-corrected chi connectivity index (χ0v) is 39.6. The number of rotatable bonds is 5. The van der Waals surface area contributed by atoms with Gasteiger partial charge in [0, 0.05) is 65.5 Å². The average molecular weight is 1000 g/mol. The molecular weight excluding hydrogens is 952 g/mol. The number of pyridine rings is 2. The van der Waals surface area contributed by atoms with Crippen molar-refractivity contribution in [1.29, 1.82) is 0 Å². The molecule has 6 aromatic carbocycles. The largest absolute Gasteiger partial charge is 0.507 e. The summed E-state index contributed by atoms with van der Waals surface area (Å²) in [7, 11) is 0. The smallest absolute Gasteiger partial charge is 0.143 e. The molecule has 0 spiro atoms. The molecule has 0 unspecified atom stereocenters. The number of phenolic OH excluding ortho intramolecular Hbond substituents is 1. The first-order chi connectivity index (χ1) is 29.5. The molecule has 10 rings (SSSR count). The van der Waals surface area contributed by atoms with E-state index in [9.17, 15) is 5.11 Å². The summed E-state index contributed by atoms with van der Waals surface area (Å²) >= 11 is 0. The van der Waals surface area contributed by atoms with Crippen molar-refractivity contribution in [2.24, 2.45) is 0 Å². The monoisotopic (exact) mass is 1000 g/mol. The van der Waals surface area contributed by atoms with Crippen molar-refractivity contribution in [3.05, 3.63) is 174 Å². The Balaban J connectivity index is 0.00000504. The van der Waals surface area contributed by atoms with Crippen LogP contribution in [-0.2, 0) is 37.3 Å². The topological polar surface area (TPSA) is 59.2 Å². The van der Waals surface area contributed by atoms with Crippen LogP contribution in [0.3, 0.4) is 0 Å². The molecule has 1 aliphatic carbocycles. The molecule has 1 aliphatic rings. The Morgan fingerprint density at radius 1 is 0.524 bits per heavy atom. The number of aromatic hydroxyl groups is 1. The first kappa shape index (κ1) is 42.2. The van der Waals surface area contributed by atoms with Gasteiger partial charge in [-0.15, -0.1) is 24.3 Å². The van der Waals surface area contributed by atoms with Crippen molar-refractivity contribution in [2.45, 2.75) is 78.6 Å². The molecule has 0 fully saturated rings. The van der Waals surface area contributed by atoms with E-state index >= 15 is 0 Å². The molecule has 0 radical (unpaired) electrons. The zero-order valence-electron chi connectivity index (χ0n) is 37.3. The molecule has 0 saturated heterocycles.